The third-order valence-corrected chi connectivity index (χ3v) is 4.30. The van der Waals surface area contributed by atoms with E-state index in [1.165, 1.54) is 6.07 Å². The topological polar surface area (TPSA) is 49.3 Å². The Morgan fingerprint density at radius 1 is 1.29 bits per heavy atom. The first kappa shape index (κ1) is 20.8. The molecule has 0 atom stereocenters. The molecule has 0 saturated heterocycles. The molecule has 0 saturated carbocycles. The van der Waals surface area contributed by atoms with Crippen LogP contribution in [-0.2, 0) is 13.0 Å². The van der Waals surface area contributed by atoms with Crippen molar-refractivity contribution in [1.29, 1.82) is 0 Å². The van der Waals surface area contributed by atoms with Gasteiger partial charge in [-0.25, -0.2) is 9.37 Å². The third-order valence-electron chi connectivity index (χ3n) is 3.44. The van der Waals surface area contributed by atoms with Gasteiger partial charge >= 0.3 is 0 Å². The highest BCUT2D eigenvalue weighted by atomic mass is 127. The van der Waals surface area contributed by atoms with Gasteiger partial charge in [-0.2, -0.15) is 0 Å². The Morgan fingerprint density at radius 2 is 2.04 bits per heavy atom. The second-order valence-corrected chi connectivity index (χ2v) is 6.46. The first-order chi connectivity index (χ1) is 11.1. The number of nitrogens with zero attached hydrogens (tertiary/aromatic N) is 2. The van der Waals surface area contributed by atoms with Gasteiger partial charge in [0.25, 0.3) is 0 Å². The molecule has 0 spiro atoms. The van der Waals surface area contributed by atoms with Crippen LogP contribution in [-0.4, -0.2) is 24.5 Å². The molecular formula is C17H24FIN4S. The average Bonchev–Trinajstić information content (AvgIpc) is 3.01. The van der Waals surface area contributed by atoms with E-state index < -0.39 is 0 Å². The van der Waals surface area contributed by atoms with Gasteiger partial charge in [-0.1, -0.05) is 32.0 Å². The average molecular weight is 462 g/mol. The molecule has 0 aliphatic rings. The number of nitrogens with one attached hydrogen (secondary N) is 2. The highest BCUT2D eigenvalue weighted by molar-refractivity contribution is 14.0. The molecule has 2 aromatic rings. The maximum Gasteiger partial charge on any atom is 0.191 e. The zero-order chi connectivity index (χ0) is 16.7. The molecule has 2 N–H and O–H groups in total. The maximum absolute atomic E-state index is 13.6. The summed E-state index contributed by atoms with van der Waals surface area (Å²) in [6.07, 6.45) is 0.613. The zero-order valence-corrected chi connectivity index (χ0v) is 17.3. The Labute approximate surface area is 164 Å². The first-order valence-corrected chi connectivity index (χ1v) is 8.60. The van der Waals surface area contributed by atoms with Crippen LogP contribution in [0.1, 0.15) is 36.0 Å². The summed E-state index contributed by atoms with van der Waals surface area (Å²) in [5.74, 6) is 0.974. The predicted molar refractivity (Wildman–Crippen MR) is 110 cm³/mol. The summed E-state index contributed by atoms with van der Waals surface area (Å²) >= 11 is 1.65. The van der Waals surface area contributed by atoms with Crippen LogP contribution in [0.25, 0.3) is 0 Å². The van der Waals surface area contributed by atoms with Crippen LogP contribution in [0.3, 0.4) is 0 Å². The third kappa shape index (κ3) is 6.35. The van der Waals surface area contributed by atoms with Gasteiger partial charge in [-0.15, -0.1) is 35.3 Å². The van der Waals surface area contributed by atoms with Crippen LogP contribution < -0.4 is 10.6 Å². The molecule has 0 unspecified atom stereocenters. The van der Waals surface area contributed by atoms with Crippen molar-refractivity contribution < 1.29 is 4.39 Å². The van der Waals surface area contributed by atoms with Crippen molar-refractivity contribution in [2.24, 2.45) is 4.99 Å². The van der Waals surface area contributed by atoms with Crippen molar-refractivity contribution in [1.82, 2.24) is 15.6 Å². The van der Waals surface area contributed by atoms with E-state index in [1.54, 1.807) is 30.5 Å². The largest absolute Gasteiger partial charge is 0.356 e. The van der Waals surface area contributed by atoms with E-state index in [9.17, 15) is 4.39 Å². The number of aromatic nitrogens is 1. The molecule has 0 aliphatic heterocycles. The number of halogens is 2. The number of thiazole rings is 1. The first-order valence-electron chi connectivity index (χ1n) is 7.72. The summed E-state index contributed by atoms with van der Waals surface area (Å²) in [5, 5.41) is 9.55. The summed E-state index contributed by atoms with van der Waals surface area (Å²) in [7, 11) is 1.72. The minimum Gasteiger partial charge on any atom is -0.356 e. The highest BCUT2D eigenvalue weighted by Gasteiger charge is 2.06. The molecule has 1 aromatic heterocycles. The van der Waals surface area contributed by atoms with E-state index in [0.717, 1.165) is 10.7 Å². The molecule has 24 heavy (non-hydrogen) atoms. The molecule has 0 bridgehead atoms. The summed E-state index contributed by atoms with van der Waals surface area (Å²) < 4.78 is 13.6. The number of benzene rings is 1. The van der Waals surface area contributed by atoms with Gasteiger partial charge in [-0.05, 0) is 24.0 Å². The number of aliphatic imine (C=N–C) groups is 1. The van der Waals surface area contributed by atoms with Crippen molar-refractivity contribution >= 4 is 41.3 Å². The quantitative estimate of drug-likeness (QED) is 0.389. The molecule has 0 aliphatic carbocycles. The lowest BCUT2D eigenvalue weighted by molar-refractivity contribution is 0.606. The van der Waals surface area contributed by atoms with Crippen LogP contribution in [0.4, 0.5) is 4.39 Å². The molecule has 0 amide bonds. The molecule has 2 rings (SSSR count). The second-order valence-electron chi connectivity index (χ2n) is 5.51. The highest BCUT2D eigenvalue weighted by Crippen LogP contribution is 2.17. The van der Waals surface area contributed by atoms with E-state index in [-0.39, 0.29) is 29.8 Å². The van der Waals surface area contributed by atoms with Crippen molar-refractivity contribution in [3.8, 4) is 0 Å². The monoisotopic (exact) mass is 462 g/mol. The maximum atomic E-state index is 13.6. The normalized spacial score (nSPS) is 11.3. The number of guanidine groups is 1. The van der Waals surface area contributed by atoms with Crippen LogP contribution in [0, 0.1) is 5.82 Å². The molecule has 132 valence electrons. The Bertz CT molecular complexity index is 658. The molecular weight excluding hydrogens is 438 g/mol. The van der Waals surface area contributed by atoms with Crippen LogP contribution >= 0.6 is 35.3 Å². The van der Waals surface area contributed by atoms with Gasteiger partial charge in [0.2, 0.25) is 0 Å². The molecule has 0 fully saturated rings. The minimum absolute atomic E-state index is 0. The van der Waals surface area contributed by atoms with Gasteiger partial charge in [0, 0.05) is 19.0 Å². The summed E-state index contributed by atoms with van der Waals surface area (Å²) in [6.45, 7) is 5.53. The smallest absolute Gasteiger partial charge is 0.191 e. The van der Waals surface area contributed by atoms with E-state index >= 15 is 0 Å². The minimum atomic E-state index is -0.166. The van der Waals surface area contributed by atoms with Crippen molar-refractivity contribution in [2.45, 2.75) is 32.7 Å². The molecule has 1 heterocycles. The fraction of sp³-hybridized carbons (Fsp3) is 0.412. The van der Waals surface area contributed by atoms with Gasteiger partial charge in [-0.3, -0.25) is 4.99 Å². The van der Waals surface area contributed by atoms with Crippen LogP contribution in [0.2, 0.25) is 0 Å². The molecule has 1 aromatic carbocycles. The SMILES string of the molecule is CN=C(NCCc1ccccc1F)NCc1nc(C(C)C)cs1.I. The Balaban J connectivity index is 0.00000288. The van der Waals surface area contributed by atoms with E-state index in [1.807, 2.05) is 6.07 Å². The van der Waals surface area contributed by atoms with E-state index in [4.69, 9.17) is 0 Å². The van der Waals surface area contributed by atoms with Crippen LogP contribution in [0.15, 0.2) is 34.6 Å². The van der Waals surface area contributed by atoms with Crippen molar-refractivity contribution in [3.05, 3.63) is 51.7 Å². The van der Waals surface area contributed by atoms with E-state index in [2.05, 4.69) is 39.8 Å². The molecule has 7 heteroatoms. The Morgan fingerprint density at radius 3 is 2.67 bits per heavy atom. The number of rotatable bonds is 6. The molecule has 0 radical (unpaired) electrons. The van der Waals surface area contributed by atoms with Gasteiger partial charge < -0.3 is 10.6 Å². The zero-order valence-electron chi connectivity index (χ0n) is 14.2. The van der Waals surface area contributed by atoms with Gasteiger partial charge in [0.05, 0.1) is 12.2 Å². The summed E-state index contributed by atoms with van der Waals surface area (Å²) in [5.41, 5.74) is 1.83. The van der Waals surface area contributed by atoms with E-state index in [0.29, 0.717) is 37.0 Å². The van der Waals surface area contributed by atoms with Gasteiger partial charge in [0.15, 0.2) is 5.96 Å². The summed E-state index contributed by atoms with van der Waals surface area (Å²) in [4.78, 5) is 8.76. The Kier molecular flexibility index (Phi) is 9.20. The Hall–Kier alpha value is -1.22. The summed E-state index contributed by atoms with van der Waals surface area (Å²) in [6, 6.07) is 6.83. The lowest BCUT2D eigenvalue weighted by Gasteiger charge is -2.11. The predicted octanol–water partition coefficient (Wildman–Crippen LogP) is 3.93. The van der Waals surface area contributed by atoms with Crippen molar-refractivity contribution in [2.75, 3.05) is 13.6 Å². The standard InChI is InChI=1S/C17H23FN4S.HI/c1-12(2)15-11-23-16(22-15)10-21-17(19-3)20-9-8-13-6-4-5-7-14(13)18;/h4-7,11-12H,8-10H2,1-3H3,(H2,19,20,21);1H. The van der Waals surface area contributed by atoms with Gasteiger partial charge in [0.1, 0.15) is 10.8 Å². The number of hydrogen-bond acceptors (Lipinski definition) is 3. The number of hydrogen-bond donors (Lipinski definition) is 2. The van der Waals surface area contributed by atoms with Crippen LogP contribution in [0.5, 0.6) is 0 Å². The fourth-order valence-corrected chi connectivity index (χ4v) is 2.96. The molecule has 4 nitrogen and oxygen atoms in total. The van der Waals surface area contributed by atoms with Crippen molar-refractivity contribution in [3.63, 3.8) is 0 Å². The second kappa shape index (κ2) is 10.6. The lowest BCUT2D eigenvalue weighted by atomic mass is 10.1. The fourth-order valence-electron chi connectivity index (χ4n) is 2.07. The lowest BCUT2D eigenvalue weighted by Crippen LogP contribution is -2.37.